The summed E-state index contributed by atoms with van der Waals surface area (Å²) in [5.41, 5.74) is -1.11. The number of alkyl halides is 1. The molecule has 0 fully saturated rings. The van der Waals surface area contributed by atoms with Gasteiger partial charge in [-0.25, -0.2) is 9.37 Å². The summed E-state index contributed by atoms with van der Waals surface area (Å²) in [5, 5.41) is 13.8. The summed E-state index contributed by atoms with van der Waals surface area (Å²) in [5.74, 6) is 0.0666. The molecule has 2 rings (SSSR count). The molecule has 0 amide bonds. The highest BCUT2D eigenvalue weighted by Crippen LogP contribution is 2.31. The lowest BCUT2D eigenvalue weighted by Gasteiger charge is -2.17. The van der Waals surface area contributed by atoms with Crippen LogP contribution in [0.4, 0.5) is 4.39 Å². The largest absolute Gasteiger partial charge is 0.394 e. The van der Waals surface area contributed by atoms with E-state index in [2.05, 4.69) is 10.1 Å². The zero-order chi connectivity index (χ0) is 14.8. The smallest absolute Gasteiger partial charge is 0.187 e. The van der Waals surface area contributed by atoms with E-state index in [4.69, 9.17) is 28.3 Å². The van der Waals surface area contributed by atoms with Crippen LogP contribution in [0.1, 0.15) is 18.3 Å². The summed E-state index contributed by atoms with van der Waals surface area (Å²) in [6.45, 7) is 1.61. The van der Waals surface area contributed by atoms with Crippen LogP contribution in [0.15, 0.2) is 24.5 Å². The summed E-state index contributed by atoms with van der Waals surface area (Å²) < 4.78 is 16.1. The molecule has 1 aromatic heterocycles. The third-order valence-electron chi connectivity index (χ3n) is 2.87. The Bertz CT molecular complexity index is 601. The number of aliphatic hydroxyl groups is 1. The van der Waals surface area contributed by atoms with Crippen molar-refractivity contribution in [3.05, 3.63) is 46.0 Å². The molecule has 0 saturated carbocycles. The Morgan fingerprint density at radius 1 is 1.40 bits per heavy atom. The predicted molar refractivity (Wildman–Crippen MR) is 75.7 cm³/mol. The van der Waals surface area contributed by atoms with Crippen molar-refractivity contribution in [1.82, 2.24) is 14.8 Å². The van der Waals surface area contributed by atoms with Crippen LogP contribution in [0, 0.1) is 0 Å². The highest BCUT2D eigenvalue weighted by molar-refractivity contribution is 6.35. The van der Waals surface area contributed by atoms with Crippen LogP contribution < -0.4 is 0 Å². The number of aliphatic hydroxyl groups excluding tert-OH is 1. The van der Waals surface area contributed by atoms with Crippen molar-refractivity contribution in [2.24, 2.45) is 0 Å². The van der Waals surface area contributed by atoms with Gasteiger partial charge in [0.25, 0.3) is 0 Å². The molecular weight excluding hydrogens is 304 g/mol. The van der Waals surface area contributed by atoms with E-state index in [1.165, 1.54) is 17.9 Å². The normalized spacial score (nSPS) is 14.2. The van der Waals surface area contributed by atoms with Crippen molar-refractivity contribution in [3.63, 3.8) is 0 Å². The Labute approximate surface area is 126 Å². The lowest BCUT2D eigenvalue weighted by atomic mass is 9.97. The fourth-order valence-electron chi connectivity index (χ4n) is 1.85. The van der Waals surface area contributed by atoms with E-state index in [1.54, 1.807) is 18.2 Å². The number of aromatic nitrogens is 3. The van der Waals surface area contributed by atoms with Crippen LogP contribution in [0.2, 0.25) is 10.0 Å². The van der Waals surface area contributed by atoms with Crippen molar-refractivity contribution < 1.29 is 9.50 Å². The minimum atomic E-state index is -1.75. The molecule has 0 bridgehead atoms. The fourth-order valence-corrected chi connectivity index (χ4v) is 2.32. The topological polar surface area (TPSA) is 50.9 Å². The minimum absolute atomic E-state index is 0.0478. The van der Waals surface area contributed by atoms with Gasteiger partial charge in [-0.05, 0) is 24.6 Å². The van der Waals surface area contributed by atoms with E-state index >= 15 is 0 Å². The molecular formula is C13H14Cl2FN3O. The fraction of sp³-hybridized carbons (Fsp3) is 0.385. The first-order chi connectivity index (χ1) is 9.42. The Morgan fingerprint density at radius 3 is 2.80 bits per heavy atom. The number of benzene rings is 1. The van der Waals surface area contributed by atoms with Crippen molar-refractivity contribution in [2.45, 2.75) is 25.6 Å². The average Bonchev–Trinajstić information content (AvgIpc) is 2.83. The Morgan fingerprint density at radius 2 is 2.15 bits per heavy atom. The number of nitrogens with zero attached hydrogens (tertiary/aromatic N) is 3. The van der Waals surface area contributed by atoms with E-state index in [9.17, 15) is 4.39 Å². The first-order valence-corrected chi connectivity index (χ1v) is 6.81. The third-order valence-corrected chi connectivity index (χ3v) is 3.46. The molecule has 7 heteroatoms. The second kappa shape index (κ2) is 6.08. The van der Waals surface area contributed by atoms with Crippen LogP contribution in [-0.4, -0.2) is 26.5 Å². The SMILES string of the molecule is CC(F)(Cc1ccc(Cl)cc1Cl)c1ncn(CCO)n1. The molecule has 0 spiro atoms. The summed E-state index contributed by atoms with van der Waals surface area (Å²) >= 11 is 11.9. The first kappa shape index (κ1) is 15.2. The maximum atomic E-state index is 14.8. The minimum Gasteiger partial charge on any atom is -0.394 e. The Balaban J connectivity index is 2.20. The van der Waals surface area contributed by atoms with E-state index in [1.807, 2.05) is 0 Å². The Hall–Kier alpha value is -1.17. The molecule has 1 N–H and O–H groups in total. The average molecular weight is 318 g/mol. The highest BCUT2D eigenvalue weighted by atomic mass is 35.5. The van der Waals surface area contributed by atoms with Crippen molar-refractivity contribution in [2.75, 3.05) is 6.61 Å². The standard InChI is InChI=1S/C13H14Cl2FN3O/c1-13(16,12-17-8-19(18-12)4-5-20)7-9-2-3-10(14)6-11(9)15/h2-3,6,8,20H,4-5,7H2,1H3. The Kier molecular flexibility index (Phi) is 4.62. The number of hydrogen-bond acceptors (Lipinski definition) is 3. The van der Waals surface area contributed by atoms with E-state index in [0.29, 0.717) is 15.6 Å². The van der Waals surface area contributed by atoms with Gasteiger partial charge in [-0.2, -0.15) is 5.10 Å². The molecule has 1 unspecified atom stereocenters. The van der Waals surface area contributed by atoms with Crippen LogP contribution >= 0.6 is 23.2 Å². The molecule has 108 valence electrons. The zero-order valence-corrected chi connectivity index (χ0v) is 12.4. The second-order valence-electron chi connectivity index (χ2n) is 4.66. The van der Waals surface area contributed by atoms with Gasteiger partial charge in [0.15, 0.2) is 11.5 Å². The van der Waals surface area contributed by atoms with Gasteiger partial charge >= 0.3 is 0 Å². The lowest BCUT2D eigenvalue weighted by molar-refractivity contribution is 0.176. The summed E-state index contributed by atoms with van der Waals surface area (Å²) in [4.78, 5) is 3.95. The monoisotopic (exact) mass is 317 g/mol. The first-order valence-electron chi connectivity index (χ1n) is 6.06. The van der Waals surface area contributed by atoms with Gasteiger partial charge in [-0.1, -0.05) is 29.3 Å². The molecule has 1 heterocycles. The van der Waals surface area contributed by atoms with Gasteiger partial charge in [0.2, 0.25) is 0 Å². The molecule has 0 radical (unpaired) electrons. The molecule has 0 aliphatic rings. The highest BCUT2D eigenvalue weighted by Gasteiger charge is 2.31. The molecule has 1 atom stereocenters. The maximum Gasteiger partial charge on any atom is 0.187 e. The molecule has 4 nitrogen and oxygen atoms in total. The van der Waals surface area contributed by atoms with E-state index in [0.717, 1.165) is 0 Å². The summed E-state index contributed by atoms with van der Waals surface area (Å²) in [6, 6.07) is 4.93. The molecule has 0 aliphatic heterocycles. The molecule has 0 saturated heterocycles. The second-order valence-corrected chi connectivity index (χ2v) is 5.51. The van der Waals surface area contributed by atoms with Gasteiger partial charge in [-0.15, -0.1) is 0 Å². The maximum absolute atomic E-state index is 14.8. The van der Waals surface area contributed by atoms with E-state index < -0.39 is 5.67 Å². The molecule has 0 aliphatic carbocycles. The van der Waals surface area contributed by atoms with Gasteiger partial charge < -0.3 is 5.11 Å². The quantitative estimate of drug-likeness (QED) is 0.922. The molecule has 1 aromatic carbocycles. The number of hydrogen-bond donors (Lipinski definition) is 1. The van der Waals surface area contributed by atoms with Crippen molar-refractivity contribution >= 4 is 23.2 Å². The number of rotatable bonds is 5. The third kappa shape index (κ3) is 3.48. The predicted octanol–water partition coefficient (Wildman–Crippen LogP) is 3.00. The van der Waals surface area contributed by atoms with Gasteiger partial charge in [-0.3, -0.25) is 4.68 Å². The van der Waals surface area contributed by atoms with Crippen LogP contribution in [0.3, 0.4) is 0 Å². The van der Waals surface area contributed by atoms with Crippen molar-refractivity contribution in [3.8, 4) is 0 Å². The summed E-state index contributed by atoms with van der Waals surface area (Å²) in [7, 11) is 0. The van der Waals surface area contributed by atoms with Crippen LogP contribution in [-0.2, 0) is 18.6 Å². The molecule has 20 heavy (non-hydrogen) atoms. The number of halogens is 3. The van der Waals surface area contributed by atoms with Crippen molar-refractivity contribution in [1.29, 1.82) is 0 Å². The van der Waals surface area contributed by atoms with Gasteiger partial charge in [0, 0.05) is 16.5 Å². The summed E-state index contributed by atoms with van der Waals surface area (Å²) in [6.07, 6.45) is 1.44. The molecule has 2 aromatic rings. The zero-order valence-electron chi connectivity index (χ0n) is 10.9. The van der Waals surface area contributed by atoms with Crippen LogP contribution in [0.25, 0.3) is 0 Å². The van der Waals surface area contributed by atoms with E-state index in [-0.39, 0.29) is 25.4 Å². The lowest BCUT2D eigenvalue weighted by Crippen LogP contribution is -2.21. The van der Waals surface area contributed by atoms with Gasteiger partial charge in [0.1, 0.15) is 6.33 Å². The van der Waals surface area contributed by atoms with Gasteiger partial charge in [0.05, 0.1) is 13.2 Å². The van der Waals surface area contributed by atoms with Crippen LogP contribution in [0.5, 0.6) is 0 Å².